The van der Waals surface area contributed by atoms with E-state index in [0.717, 1.165) is 22.8 Å². The van der Waals surface area contributed by atoms with Gasteiger partial charge >= 0.3 is 0 Å². The third kappa shape index (κ3) is 2.80. The summed E-state index contributed by atoms with van der Waals surface area (Å²) in [5, 5.41) is 13.7. The monoisotopic (exact) mass is 298 g/mol. The SMILES string of the molecule is NC(=NO)c1ccc(Cn2ccnc2-c2cccs2)cc1. The van der Waals surface area contributed by atoms with Gasteiger partial charge in [-0.25, -0.2) is 4.98 Å². The van der Waals surface area contributed by atoms with Gasteiger partial charge in [-0.3, -0.25) is 0 Å². The molecule has 0 amide bonds. The summed E-state index contributed by atoms with van der Waals surface area (Å²) in [6, 6.07) is 11.7. The molecule has 0 aliphatic heterocycles. The molecule has 106 valence electrons. The molecule has 0 radical (unpaired) electrons. The van der Waals surface area contributed by atoms with E-state index >= 15 is 0 Å². The Balaban J connectivity index is 1.83. The second-order valence-electron chi connectivity index (χ2n) is 4.54. The molecule has 6 heteroatoms. The predicted molar refractivity (Wildman–Crippen MR) is 83.6 cm³/mol. The van der Waals surface area contributed by atoms with Crippen LogP contribution < -0.4 is 5.73 Å². The maximum absolute atomic E-state index is 8.66. The van der Waals surface area contributed by atoms with Gasteiger partial charge in [0.05, 0.1) is 4.88 Å². The highest BCUT2D eigenvalue weighted by molar-refractivity contribution is 7.13. The smallest absolute Gasteiger partial charge is 0.170 e. The van der Waals surface area contributed by atoms with Crippen LogP contribution >= 0.6 is 11.3 Å². The molecule has 0 unspecified atom stereocenters. The Morgan fingerprint density at radius 2 is 2.10 bits per heavy atom. The van der Waals surface area contributed by atoms with E-state index in [-0.39, 0.29) is 5.84 Å². The first-order chi connectivity index (χ1) is 10.3. The summed E-state index contributed by atoms with van der Waals surface area (Å²) >= 11 is 1.67. The Kier molecular flexibility index (Phi) is 3.70. The molecular formula is C15H14N4OS. The minimum absolute atomic E-state index is 0.114. The maximum Gasteiger partial charge on any atom is 0.170 e. The van der Waals surface area contributed by atoms with Gasteiger partial charge in [-0.05, 0) is 17.0 Å². The fourth-order valence-electron chi connectivity index (χ4n) is 2.10. The number of nitrogens with zero attached hydrogens (tertiary/aromatic N) is 3. The largest absolute Gasteiger partial charge is 0.409 e. The predicted octanol–water partition coefficient (Wildman–Crippen LogP) is 2.75. The third-order valence-corrected chi connectivity index (χ3v) is 4.03. The molecule has 0 aliphatic rings. The summed E-state index contributed by atoms with van der Waals surface area (Å²) in [7, 11) is 0. The fraction of sp³-hybridized carbons (Fsp3) is 0.0667. The van der Waals surface area contributed by atoms with Crippen LogP contribution in [0.15, 0.2) is 59.3 Å². The van der Waals surface area contributed by atoms with Crippen molar-refractivity contribution in [2.45, 2.75) is 6.54 Å². The molecule has 2 aromatic heterocycles. The number of rotatable bonds is 4. The number of imidazole rings is 1. The van der Waals surface area contributed by atoms with E-state index in [9.17, 15) is 0 Å². The van der Waals surface area contributed by atoms with E-state index in [1.807, 2.05) is 41.9 Å². The molecule has 21 heavy (non-hydrogen) atoms. The summed E-state index contributed by atoms with van der Waals surface area (Å²) in [5.74, 6) is 1.08. The number of oxime groups is 1. The van der Waals surface area contributed by atoms with E-state index < -0.39 is 0 Å². The number of amidine groups is 1. The minimum Gasteiger partial charge on any atom is -0.409 e. The molecule has 2 heterocycles. The molecule has 5 nitrogen and oxygen atoms in total. The number of hydrogen-bond acceptors (Lipinski definition) is 4. The van der Waals surface area contributed by atoms with E-state index in [2.05, 4.69) is 20.8 Å². The molecule has 0 saturated heterocycles. The zero-order valence-corrected chi connectivity index (χ0v) is 12.0. The van der Waals surface area contributed by atoms with Crippen LogP contribution in [0.2, 0.25) is 0 Å². The van der Waals surface area contributed by atoms with E-state index in [4.69, 9.17) is 10.9 Å². The van der Waals surface area contributed by atoms with Gasteiger partial charge in [0.1, 0.15) is 5.82 Å². The molecule has 3 aromatic rings. The van der Waals surface area contributed by atoms with Gasteiger partial charge in [-0.2, -0.15) is 0 Å². The Hall–Kier alpha value is -2.60. The van der Waals surface area contributed by atoms with Crippen LogP contribution in [-0.4, -0.2) is 20.6 Å². The van der Waals surface area contributed by atoms with Crippen LogP contribution in [0, 0.1) is 0 Å². The van der Waals surface area contributed by atoms with E-state index in [1.54, 1.807) is 17.5 Å². The molecule has 0 atom stereocenters. The zero-order chi connectivity index (χ0) is 14.7. The Labute approximate surface area is 126 Å². The lowest BCUT2D eigenvalue weighted by molar-refractivity contribution is 0.318. The van der Waals surface area contributed by atoms with Gasteiger partial charge in [0, 0.05) is 24.5 Å². The fourth-order valence-corrected chi connectivity index (χ4v) is 2.84. The van der Waals surface area contributed by atoms with Gasteiger partial charge in [-0.15, -0.1) is 11.3 Å². The normalized spacial score (nSPS) is 11.7. The summed E-state index contributed by atoms with van der Waals surface area (Å²) < 4.78 is 2.10. The Morgan fingerprint density at radius 1 is 1.29 bits per heavy atom. The van der Waals surface area contributed by atoms with Crippen molar-refractivity contribution in [2.24, 2.45) is 10.9 Å². The molecule has 0 fully saturated rings. The zero-order valence-electron chi connectivity index (χ0n) is 11.2. The second-order valence-corrected chi connectivity index (χ2v) is 5.49. The van der Waals surface area contributed by atoms with Crippen LogP contribution in [-0.2, 0) is 6.54 Å². The standard InChI is InChI=1S/C15H14N4OS/c16-14(18-20)12-5-3-11(4-6-12)10-19-8-7-17-15(19)13-2-1-9-21-13/h1-9,20H,10H2,(H2,16,18). The first kappa shape index (κ1) is 13.4. The maximum atomic E-state index is 8.66. The van der Waals surface area contributed by atoms with Crippen molar-refractivity contribution in [3.63, 3.8) is 0 Å². The van der Waals surface area contributed by atoms with Crippen molar-refractivity contribution in [1.82, 2.24) is 9.55 Å². The lowest BCUT2D eigenvalue weighted by atomic mass is 10.1. The summed E-state index contributed by atoms with van der Waals surface area (Å²) in [4.78, 5) is 5.56. The average molecular weight is 298 g/mol. The number of nitrogens with two attached hydrogens (primary N) is 1. The van der Waals surface area contributed by atoms with Crippen molar-refractivity contribution >= 4 is 17.2 Å². The van der Waals surface area contributed by atoms with Gasteiger partial charge in [0.15, 0.2) is 5.84 Å². The molecule has 3 rings (SSSR count). The summed E-state index contributed by atoms with van der Waals surface area (Å²) in [5.41, 5.74) is 7.38. The first-order valence-corrected chi connectivity index (χ1v) is 7.28. The lowest BCUT2D eigenvalue weighted by Gasteiger charge is -2.07. The number of hydrogen-bond donors (Lipinski definition) is 2. The number of benzene rings is 1. The van der Waals surface area contributed by atoms with Crippen LogP contribution in [0.4, 0.5) is 0 Å². The quantitative estimate of drug-likeness (QED) is 0.336. The first-order valence-electron chi connectivity index (χ1n) is 6.40. The molecule has 1 aromatic carbocycles. The van der Waals surface area contributed by atoms with Crippen molar-refractivity contribution in [3.05, 3.63) is 65.3 Å². The van der Waals surface area contributed by atoms with Crippen molar-refractivity contribution < 1.29 is 5.21 Å². The minimum atomic E-state index is 0.114. The van der Waals surface area contributed by atoms with Crippen molar-refractivity contribution in [2.75, 3.05) is 0 Å². The molecule has 0 spiro atoms. The van der Waals surface area contributed by atoms with Gasteiger partial charge in [-0.1, -0.05) is 35.5 Å². The van der Waals surface area contributed by atoms with Crippen LogP contribution in [0.1, 0.15) is 11.1 Å². The molecular weight excluding hydrogens is 284 g/mol. The van der Waals surface area contributed by atoms with Gasteiger partial charge in [0.25, 0.3) is 0 Å². The van der Waals surface area contributed by atoms with Crippen molar-refractivity contribution in [1.29, 1.82) is 0 Å². The summed E-state index contributed by atoms with van der Waals surface area (Å²) in [6.45, 7) is 0.726. The average Bonchev–Trinajstić information content (AvgIpc) is 3.18. The Bertz CT molecular complexity index is 744. The highest BCUT2D eigenvalue weighted by Crippen LogP contribution is 2.23. The van der Waals surface area contributed by atoms with Crippen LogP contribution in [0.25, 0.3) is 10.7 Å². The Morgan fingerprint density at radius 3 is 2.76 bits per heavy atom. The number of aromatic nitrogens is 2. The third-order valence-electron chi connectivity index (χ3n) is 3.17. The summed E-state index contributed by atoms with van der Waals surface area (Å²) in [6.07, 6.45) is 3.77. The van der Waals surface area contributed by atoms with E-state index in [1.165, 1.54) is 0 Å². The topological polar surface area (TPSA) is 76.4 Å². The van der Waals surface area contributed by atoms with Gasteiger partial charge in [0.2, 0.25) is 0 Å². The molecule has 0 aliphatic carbocycles. The van der Waals surface area contributed by atoms with Crippen molar-refractivity contribution in [3.8, 4) is 10.7 Å². The van der Waals surface area contributed by atoms with E-state index in [0.29, 0.717) is 5.56 Å². The van der Waals surface area contributed by atoms with Crippen LogP contribution in [0.3, 0.4) is 0 Å². The lowest BCUT2D eigenvalue weighted by Crippen LogP contribution is -2.13. The van der Waals surface area contributed by atoms with Gasteiger partial charge < -0.3 is 15.5 Å². The van der Waals surface area contributed by atoms with Crippen LogP contribution in [0.5, 0.6) is 0 Å². The highest BCUT2D eigenvalue weighted by Gasteiger charge is 2.07. The molecule has 0 saturated carbocycles. The molecule has 0 bridgehead atoms. The molecule has 3 N–H and O–H groups in total. The highest BCUT2D eigenvalue weighted by atomic mass is 32.1. The number of thiophene rings is 1. The second kappa shape index (κ2) is 5.80.